The van der Waals surface area contributed by atoms with Gasteiger partial charge in [0.15, 0.2) is 0 Å². The molecule has 0 radical (unpaired) electrons. The van der Waals surface area contributed by atoms with E-state index in [0.29, 0.717) is 5.41 Å². The first-order chi connectivity index (χ1) is 8.86. The Hall–Kier alpha value is -0.0800. The molecule has 0 spiro atoms. The summed E-state index contributed by atoms with van der Waals surface area (Å²) in [6.45, 7) is 20.3. The second-order valence-electron chi connectivity index (χ2n) is 7.73. The molecule has 0 aromatic rings. The summed E-state index contributed by atoms with van der Waals surface area (Å²) in [7, 11) is 0. The van der Waals surface area contributed by atoms with E-state index >= 15 is 0 Å². The topological polar surface area (TPSA) is 15.3 Å². The second kappa shape index (κ2) is 7.64. The van der Waals surface area contributed by atoms with Gasteiger partial charge in [-0.05, 0) is 36.1 Å². The van der Waals surface area contributed by atoms with Crippen molar-refractivity contribution in [1.82, 2.24) is 10.2 Å². The predicted octanol–water partition coefficient (Wildman–Crippen LogP) is 3.63. The Morgan fingerprint density at radius 1 is 1.21 bits per heavy atom. The minimum Gasteiger partial charge on any atom is -0.316 e. The maximum Gasteiger partial charge on any atom is 0.00477 e. The molecule has 114 valence electrons. The summed E-state index contributed by atoms with van der Waals surface area (Å²) >= 11 is 0. The Morgan fingerprint density at radius 3 is 2.26 bits per heavy atom. The summed E-state index contributed by atoms with van der Waals surface area (Å²) in [6, 6.07) is 0. The van der Waals surface area contributed by atoms with Gasteiger partial charge in [-0.1, -0.05) is 48.0 Å². The molecule has 2 nitrogen and oxygen atoms in total. The van der Waals surface area contributed by atoms with Crippen LogP contribution < -0.4 is 5.32 Å². The third kappa shape index (κ3) is 5.83. The van der Waals surface area contributed by atoms with Crippen molar-refractivity contribution < 1.29 is 0 Å². The van der Waals surface area contributed by atoms with Gasteiger partial charge in [-0.3, -0.25) is 0 Å². The van der Waals surface area contributed by atoms with E-state index < -0.39 is 0 Å². The van der Waals surface area contributed by atoms with Gasteiger partial charge in [0.2, 0.25) is 0 Å². The first kappa shape index (κ1) is 17.0. The number of rotatable bonds is 8. The lowest BCUT2D eigenvalue weighted by Gasteiger charge is -2.34. The highest BCUT2D eigenvalue weighted by molar-refractivity contribution is 4.86. The third-order valence-electron chi connectivity index (χ3n) is 4.63. The van der Waals surface area contributed by atoms with Gasteiger partial charge in [-0.2, -0.15) is 0 Å². The van der Waals surface area contributed by atoms with Crippen LogP contribution >= 0.6 is 0 Å². The summed E-state index contributed by atoms with van der Waals surface area (Å²) < 4.78 is 0. The molecule has 1 heterocycles. The van der Waals surface area contributed by atoms with Crippen molar-refractivity contribution in [3.63, 3.8) is 0 Å². The van der Waals surface area contributed by atoms with Crippen LogP contribution in [0.25, 0.3) is 0 Å². The lowest BCUT2D eigenvalue weighted by Crippen LogP contribution is -2.42. The summed E-state index contributed by atoms with van der Waals surface area (Å²) in [5, 5.41) is 3.68. The first-order valence-electron chi connectivity index (χ1n) is 8.29. The van der Waals surface area contributed by atoms with Crippen LogP contribution in [-0.2, 0) is 0 Å². The van der Waals surface area contributed by atoms with Crippen molar-refractivity contribution in [3.05, 3.63) is 0 Å². The molecule has 0 aromatic heterocycles. The number of hydrogen-bond donors (Lipinski definition) is 1. The van der Waals surface area contributed by atoms with Crippen LogP contribution in [0, 0.1) is 23.2 Å². The van der Waals surface area contributed by atoms with E-state index in [1.54, 1.807) is 0 Å². The van der Waals surface area contributed by atoms with Gasteiger partial charge in [-0.25, -0.2) is 0 Å². The van der Waals surface area contributed by atoms with Crippen LogP contribution in [0.3, 0.4) is 0 Å². The molecular formula is C17H36N2. The molecule has 1 N–H and O–H groups in total. The fourth-order valence-electron chi connectivity index (χ4n) is 3.41. The number of hydrogen-bond acceptors (Lipinski definition) is 2. The average molecular weight is 268 g/mol. The Kier molecular flexibility index (Phi) is 6.82. The standard InChI is InChI=1S/C17H36N2/c1-7-8-17(6,12-18-9-14(2)3)13-19-10-15(4)16(5)11-19/h14-16,18H,7-13H2,1-6H3. The maximum absolute atomic E-state index is 3.68. The van der Waals surface area contributed by atoms with Crippen molar-refractivity contribution in [1.29, 1.82) is 0 Å². The number of nitrogens with zero attached hydrogens (tertiary/aromatic N) is 1. The zero-order valence-electron chi connectivity index (χ0n) is 14.1. The van der Waals surface area contributed by atoms with E-state index in [9.17, 15) is 0 Å². The van der Waals surface area contributed by atoms with E-state index in [1.165, 1.54) is 32.5 Å². The van der Waals surface area contributed by atoms with Gasteiger partial charge < -0.3 is 10.2 Å². The molecule has 3 unspecified atom stereocenters. The van der Waals surface area contributed by atoms with E-state index in [0.717, 1.165) is 30.8 Å². The van der Waals surface area contributed by atoms with E-state index in [1.807, 2.05) is 0 Å². The molecule has 0 amide bonds. The molecule has 1 aliphatic heterocycles. The predicted molar refractivity (Wildman–Crippen MR) is 85.5 cm³/mol. The van der Waals surface area contributed by atoms with Gasteiger partial charge in [0.25, 0.3) is 0 Å². The Labute approximate surface area is 121 Å². The van der Waals surface area contributed by atoms with Gasteiger partial charge in [0.05, 0.1) is 0 Å². The van der Waals surface area contributed by atoms with Crippen LogP contribution in [0.1, 0.15) is 54.4 Å². The third-order valence-corrected chi connectivity index (χ3v) is 4.63. The normalized spacial score (nSPS) is 27.9. The van der Waals surface area contributed by atoms with Crippen molar-refractivity contribution in [3.8, 4) is 0 Å². The summed E-state index contributed by atoms with van der Waals surface area (Å²) in [6.07, 6.45) is 2.62. The highest BCUT2D eigenvalue weighted by Crippen LogP contribution is 2.29. The minimum absolute atomic E-state index is 0.438. The SMILES string of the molecule is CCCC(C)(CNCC(C)C)CN1CC(C)C(C)C1. The molecule has 1 rings (SSSR count). The molecule has 2 heteroatoms. The molecule has 1 saturated heterocycles. The average Bonchev–Trinajstić information content (AvgIpc) is 2.56. The van der Waals surface area contributed by atoms with E-state index in [-0.39, 0.29) is 0 Å². The molecule has 0 aromatic carbocycles. The minimum atomic E-state index is 0.438. The zero-order chi connectivity index (χ0) is 14.5. The molecule has 1 aliphatic rings. The maximum atomic E-state index is 3.68. The fourth-order valence-corrected chi connectivity index (χ4v) is 3.41. The van der Waals surface area contributed by atoms with Crippen LogP contribution in [0.5, 0.6) is 0 Å². The van der Waals surface area contributed by atoms with Crippen LogP contribution in [0.2, 0.25) is 0 Å². The Morgan fingerprint density at radius 2 is 1.79 bits per heavy atom. The number of nitrogens with one attached hydrogen (secondary N) is 1. The summed E-state index contributed by atoms with van der Waals surface area (Å²) in [5.74, 6) is 2.49. The van der Waals surface area contributed by atoms with Crippen molar-refractivity contribution in [2.45, 2.75) is 54.4 Å². The van der Waals surface area contributed by atoms with Gasteiger partial charge >= 0.3 is 0 Å². The molecule has 19 heavy (non-hydrogen) atoms. The van der Waals surface area contributed by atoms with Gasteiger partial charge in [-0.15, -0.1) is 0 Å². The Bertz CT molecular complexity index is 242. The Balaban J connectivity index is 2.46. The summed E-state index contributed by atoms with van der Waals surface area (Å²) in [5.41, 5.74) is 0.438. The number of likely N-dealkylation sites (tertiary alicyclic amines) is 1. The quantitative estimate of drug-likeness (QED) is 0.723. The molecule has 0 saturated carbocycles. The monoisotopic (exact) mass is 268 g/mol. The molecule has 0 aliphatic carbocycles. The largest absolute Gasteiger partial charge is 0.316 e. The van der Waals surface area contributed by atoms with Gasteiger partial charge in [0, 0.05) is 26.2 Å². The van der Waals surface area contributed by atoms with Crippen LogP contribution in [-0.4, -0.2) is 37.6 Å². The van der Waals surface area contributed by atoms with E-state index in [2.05, 4.69) is 51.8 Å². The smallest absolute Gasteiger partial charge is 0.00477 e. The molecule has 3 atom stereocenters. The molecule has 0 bridgehead atoms. The van der Waals surface area contributed by atoms with E-state index in [4.69, 9.17) is 0 Å². The van der Waals surface area contributed by atoms with Crippen LogP contribution in [0.15, 0.2) is 0 Å². The molecular weight excluding hydrogens is 232 g/mol. The lowest BCUT2D eigenvalue weighted by atomic mass is 9.84. The lowest BCUT2D eigenvalue weighted by molar-refractivity contribution is 0.166. The fraction of sp³-hybridized carbons (Fsp3) is 1.00. The van der Waals surface area contributed by atoms with Crippen molar-refractivity contribution >= 4 is 0 Å². The zero-order valence-corrected chi connectivity index (χ0v) is 14.1. The second-order valence-corrected chi connectivity index (χ2v) is 7.73. The van der Waals surface area contributed by atoms with Crippen LogP contribution in [0.4, 0.5) is 0 Å². The highest BCUT2D eigenvalue weighted by atomic mass is 15.2. The van der Waals surface area contributed by atoms with Crippen molar-refractivity contribution in [2.24, 2.45) is 23.2 Å². The highest BCUT2D eigenvalue weighted by Gasteiger charge is 2.32. The summed E-state index contributed by atoms with van der Waals surface area (Å²) in [4.78, 5) is 2.70. The van der Waals surface area contributed by atoms with Gasteiger partial charge in [0.1, 0.15) is 0 Å². The van der Waals surface area contributed by atoms with Crippen molar-refractivity contribution in [2.75, 3.05) is 32.7 Å². The molecule has 1 fully saturated rings. The first-order valence-corrected chi connectivity index (χ1v) is 8.29.